The first-order chi connectivity index (χ1) is 15.4. The molecule has 0 saturated carbocycles. The lowest BCUT2D eigenvalue weighted by atomic mass is 10.0. The number of nitrogens with one attached hydrogen (secondary N) is 2. The van der Waals surface area contributed by atoms with Crippen molar-refractivity contribution in [2.45, 2.75) is 64.8 Å². The molecule has 0 bridgehead atoms. The molecule has 0 spiro atoms. The summed E-state index contributed by atoms with van der Waals surface area (Å²) in [4.78, 5) is 23.7. The van der Waals surface area contributed by atoms with Gasteiger partial charge in [0.05, 0.1) is 0 Å². The monoisotopic (exact) mass is 480 g/mol. The second kappa shape index (κ2) is 10.8. The zero-order valence-electron chi connectivity index (χ0n) is 19.8. The number of nitrogens with zero attached hydrogens (tertiary/aromatic N) is 2. The molecule has 0 aliphatic heterocycles. The molecule has 2 aromatic rings. The number of carbonyl (C=O) groups excluding carboxylic acids is 1. The number of carboxylic acids is 1. The van der Waals surface area contributed by atoms with Crippen LogP contribution in [0.25, 0.3) is 0 Å². The molecule has 0 aliphatic carbocycles. The Morgan fingerprint density at radius 3 is 2.33 bits per heavy atom. The minimum absolute atomic E-state index is 0.0191. The minimum Gasteiger partial charge on any atom is -0.476 e. The number of ether oxygens (including phenoxy) is 1. The predicted octanol–water partition coefficient (Wildman–Crippen LogP) is 3.67. The van der Waals surface area contributed by atoms with Crippen LogP contribution in [0, 0.1) is 12.8 Å². The van der Waals surface area contributed by atoms with Crippen LogP contribution in [0.3, 0.4) is 0 Å². The summed E-state index contributed by atoms with van der Waals surface area (Å²) in [6, 6.07) is 3.98. The third-order valence-electron chi connectivity index (χ3n) is 5.45. The Morgan fingerprint density at radius 1 is 1.18 bits per heavy atom. The summed E-state index contributed by atoms with van der Waals surface area (Å²) in [7, 11) is -2.52. The van der Waals surface area contributed by atoms with Crippen molar-refractivity contribution in [1.82, 2.24) is 14.5 Å². The van der Waals surface area contributed by atoms with Crippen LogP contribution in [0.15, 0.2) is 23.1 Å². The summed E-state index contributed by atoms with van der Waals surface area (Å²) in [6.07, 6.45) is 1.90. The number of aryl methyl sites for hydroxylation is 1. The Morgan fingerprint density at radius 2 is 1.82 bits per heavy atom. The van der Waals surface area contributed by atoms with Crippen molar-refractivity contribution in [1.29, 1.82) is 0 Å². The van der Waals surface area contributed by atoms with Crippen LogP contribution >= 0.6 is 0 Å². The number of benzene rings is 1. The van der Waals surface area contributed by atoms with E-state index in [9.17, 15) is 23.1 Å². The molecule has 1 unspecified atom stereocenters. The molecule has 0 saturated heterocycles. The lowest BCUT2D eigenvalue weighted by Gasteiger charge is -2.18. The number of rotatable bonds is 11. The van der Waals surface area contributed by atoms with Gasteiger partial charge in [0.1, 0.15) is 10.6 Å². The summed E-state index contributed by atoms with van der Waals surface area (Å²) in [5.41, 5.74) is 0.384. The number of carboxylic acid groups (broad SMARTS) is 1. The second-order valence-electron chi connectivity index (χ2n) is 7.90. The summed E-state index contributed by atoms with van der Waals surface area (Å²) >= 11 is 0. The molecule has 3 N–H and O–H groups in total. The molecule has 1 aromatic carbocycles. The first-order valence-corrected chi connectivity index (χ1v) is 12.3. The molecule has 182 valence electrons. The molecular formula is C22H32N4O6S. The fraction of sp³-hybridized carbons (Fsp3) is 0.500. The molecule has 0 radical (unpaired) electrons. The van der Waals surface area contributed by atoms with Crippen molar-refractivity contribution in [3.8, 4) is 11.6 Å². The van der Waals surface area contributed by atoms with Gasteiger partial charge in [0.2, 0.25) is 21.8 Å². The molecule has 0 aliphatic rings. The van der Waals surface area contributed by atoms with Crippen LogP contribution in [-0.2, 0) is 21.9 Å². The molecule has 11 heteroatoms. The Balaban J connectivity index is 2.54. The Hall–Kier alpha value is -2.92. The van der Waals surface area contributed by atoms with Gasteiger partial charge in [-0.2, -0.15) is 5.10 Å². The van der Waals surface area contributed by atoms with Crippen LogP contribution < -0.4 is 14.8 Å². The van der Waals surface area contributed by atoms with Gasteiger partial charge < -0.3 is 15.2 Å². The van der Waals surface area contributed by atoms with Gasteiger partial charge in [-0.05, 0) is 51.3 Å². The lowest BCUT2D eigenvalue weighted by Crippen LogP contribution is -2.32. The number of carbonyl (C=O) groups is 2. The number of aromatic nitrogens is 2. The van der Waals surface area contributed by atoms with E-state index in [1.165, 1.54) is 30.8 Å². The van der Waals surface area contributed by atoms with E-state index < -0.39 is 16.0 Å². The molecular weight excluding hydrogens is 448 g/mol. The Labute approximate surface area is 194 Å². The van der Waals surface area contributed by atoms with E-state index in [4.69, 9.17) is 4.74 Å². The van der Waals surface area contributed by atoms with Gasteiger partial charge in [0.25, 0.3) is 0 Å². The fourth-order valence-corrected chi connectivity index (χ4v) is 4.74. The fourth-order valence-electron chi connectivity index (χ4n) is 3.26. The van der Waals surface area contributed by atoms with E-state index in [-0.39, 0.29) is 45.6 Å². The quantitative estimate of drug-likeness (QED) is 0.446. The molecule has 2 rings (SSSR count). The number of sulfonamides is 1. The largest absolute Gasteiger partial charge is 0.476 e. The third kappa shape index (κ3) is 6.11. The molecule has 1 atom stereocenters. The van der Waals surface area contributed by atoms with Crippen LogP contribution in [0.1, 0.15) is 63.0 Å². The van der Waals surface area contributed by atoms with Crippen LogP contribution in [0.5, 0.6) is 11.6 Å². The molecule has 33 heavy (non-hydrogen) atoms. The standard InChI is InChI=1S/C22H32N4O6S/c1-7-13(4)25-33(30,31)18-12-16(23-20(27)15(8-2)9-3)10-11-17(18)32-21-14(5)19(22(28)29)24-26(21)6/h10-13,15,25H,7-9H2,1-6H3,(H,23,27)(H,28,29). The minimum atomic E-state index is -4.02. The third-order valence-corrected chi connectivity index (χ3v) is 7.07. The maximum absolute atomic E-state index is 13.2. The van der Waals surface area contributed by atoms with Crippen LogP contribution in [0.4, 0.5) is 5.69 Å². The zero-order valence-corrected chi connectivity index (χ0v) is 20.6. The summed E-state index contributed by atoms with van der Waals surface area (Å²) in [5, 5.41) is 16.0. The molecule has 10 nitrogen and oxygen atoms in total. The smallest absolute Gasteiger partial charge is 0.356 e. The first-order valence-electron chi connectivity index (χ1n) is 10.9. The zero-order chi connectivity index (χ0) is 24.9. The van der Waals surface area contributed by atoms with Crippen molar-refractivity contribution in [2.24, 2.45) is 13.0 Å². The van der Waals surface area contributed by atoms with Crippen LogP contribution in [0.2, 0.25) is 0 Å². The summed E-state index contributed by atoms with van der Waals surface area (Å²) in [6.45, 7) is 8.95. The molecule has 1 heterocycles. The van der Waals surface area contributed by atoms with E-state index in [2.05, 4.69) is 15.1 Å². The Bertz CT molecular complexity index is 1120. The summed E-state index contributed by atoms with van der Waals surface area (Å²) in [5.74, 6) is -1.52. The normalized spacial score (nSPS) is 12.6. The number of hydrogen-bond donors (Lipinski definition) is 3. The van der Waals surface area contributed by atoms with E-state index in [1.54, 1.807) is 13.0 Å². The van der Waals surface area contributed by atoms with Crippen molar-refractivity contribution < 1.29 is 27.9 Å². The average molecular weight is 481 g/mol. The Kier molecular flexibility index (Phi) is 8.62. The topological polar surface area (TPSA) is 140 Å². The summed E-state index contributed by atoms with van der Waals surface area (Å²) < 4.78 is 36.0. The maximum Gasteiger partial charge on any atom is 0.356 e. The van der Waals surface area contributed by atoms with E-state index in [1.807, 2.05) is 20.8 Å². The van der Waals surface area contributed by atoms with Crippen molar-refractivity contribution in [2.75, 3.05) is 5.32 Å². The predicted molar refractivity (Wildman–Crippen MR) is 124 cm³/mol. The molecule has 1 amide bonds. The average Bonchev–Trinajstić information content (AvgIpc) is 3.03. The van der Waals surface area contributed by atoms with Gasteiger partial charge in [0.15, 0.2) is 5.69 Å². The highest BCUT2D eigenvalue weighted by molar-refractivity contribution is 7.89. The van der Waals surface area contributed by atoms with Gasteiger partial charge in [-0.1, -0.05) is 20.8 Å². The molecule has 0 fully saturated rings. The lowest BCUT2D eigenvalue weighted by molar-refractivity contribution is -0.120. The van der Waals surface area contributed by atoms with Gasteiger partial charge >= 0.3 is 5.97 Å². The van der Waals surface area contributed by atoms with Crippen LogP contribution in [-0.4, -0.2) is 41.2 Å². The first kappa shape index (κ1) is 26.3. The second-order valence-corrected chi connectivity index (χ2v) is 9.59. The number of hydrogen-bond acceptors (Lipinski definition) is 6. The van der Waals surface area contributed by atoms with Crippen molar-refractivity contribution in [3.05, 3.63) is 29.5 Å². The van der Waals surface area contributed by atoms with E-state index in [0.29, 0.717) is 24.9 Å². The van der Waals surface area contributed by atoms with Gasteiger partial charge in [-0.15, -0.1) is 0 Å². The number of aromatic carboxylic acids is 1. The highest BCUT2D eigenvalue weighted by Crippen LogP contribution is 2.34. The SMILES string of the molecule is CCC(C)NS(=O)(=O)c1cc(NC(=O)C(CC)CC)ccc1Oc1c(C)c(C(=O)O)nn1C. The van der Waals surface area contributed by atoms with E-state index in [0.717, 1.165) is 0 Å². The van der Waals surface area contributed by atoms with Gasteiger partial charge in [-0.25, -0.2) is 22.6 Å². The van der Waals surface area contributed by atoms with E-state index >= 15 is 0 Å². The number of anilines is 1. The maximum atomic E-state index is 13.2. The highest BCUT2D eigenvalue weighted by atomic mass is 32.2. The molecule has 1 aromatic heterocycles. The van der Waals surface area contributed by atoms with Crippen molar-refractivity contribution in [3.63, 3.8) is 0 Å². The van der Waals surface area contributed by atoms with Crippen molar-refractivity contribution >= 4 is 27.6 Å². The highest BCUT2D eigenvalue weighted by Gasteiger charge is 2.26. The number of amides is 1. The van der Waals surface area contributed by atoms with Gasteiger partial charge in [0, 0.05) is 30.3 Å². The van der Waals surface area contributed by atoms with Gasteiger partial charge in [-0.3, -0.25) is 4.79 Å².